The van der Waals surface area contributed by atoms with E-state index in [1.807, 2.05) is 36.4 Å². The maximum atomic E-state index is 11.7. The van der Waals surface area contributed by atoms with Gasteiger partial charge in [-0.05, 0) is 23.8 Å². The van der Waals surface area contributed by atoms with Crippen LogP contribution < -0.4 is 5.32 Å². The monoisotopic (exact) mass is 362 g/mol. The van der Waals surface area contributed by atoms with Gasteiger partial charge in [0, 0.05) is 11.8 Å². The second kappa shape index (κ2) is 9.10. The van der Waals surface area contributed by atoms with Crippen LogP contribution in [0.4, 0.5) is 5.69 Å². The molecule has 7 heteroatoms. The van der Waals surface area contributed by atoms with Crippen molar-refractivity contribution in [2.45, 2.75) is 6.54 Å². The van der Waals surface area contributed by atoms with E-state index in [1.165, 1.54) is 12.2 Å². The molecule has 0 atom stereocenters. The maximum absolute atomic E-state index is 11.7. The van der Waals surface area contributed by atoms with Crippen molar-refractivity contribution in [1.82, 2.24) is 15.0 Å². The molecule has 2 aromatic carbocycles. The maximum Gasteiger partial charge on any atom is 0.331 e. The number of ether oxygens (including phenoxy) is 1. The summed E-state index contributed by atoms with van der Waals surface area (Å²) in [5.74, 6) is -1.03. The summed E-state index contributed by atoms with van der Waals surface area (Å²) in [6, 6.07) is 18.8. The molecule has 0 aliphatic carbocycles. The van der Waals surface area contributed by atoms with E-state index < -0.39 is 11.9 Å². The number of aromatic nitrogens is 3. The van der Waals surface area contributed by atoms with Gasteiger partial charge in [0.1, 0.15) is 5.69 Å². The summed E-state index contributed by atoms with van der Waals surface area (Å²) in [7, 11) is 0. The number of benzene rings is 2. The number of para-hydroxylation sites is 1. The minimum absolute atomic E-state index is 0.362. The largest absolute Gasteiger partial charge is 0.452 e. The molecule has 0 saturated heterocycles. The summed E-state index contributed by atoms with van der Waals surface area (Å²) < 4.78 is 6.58. The molecule has 0 saturated carbocycles. The minimum Gasteiger partial charge on any atom is -0.452 e. The molecule has 0 aliphatic heterocycles. The number of esters is 1. The van der Waals surface area contributed by atoms with Crippen LogP contribution in [0.25, 0.3) is 6.08 Å². The Hall–Kier alpha value is -3.74. The Balaban J connectivity index is 1.45. The van der Waals surface area contributed by atoms with Gasteiger partial charge in [-0.1, -0.05) is 53.7 Å². The highest BCUT2D eigenvalue weighted by molar-refractivity contribution is 5.94. The van der Waals surface area contributed by atoms with Crippen LogP contribution in [0.5, 0.6) is 0 Å². The molecule has 0 unspecified atom stereocenters. The second-order valence-corrected chi connectivity index (χ2v) is 5.68. The number of carbonyl (C=O) groups excluding carboxylic acids is 2. The lowest BCUT2D eigenvalue weighted by Gasteiger charge is -2.04. The van der Waals surface area contributed by atoms with Gasteiger partial charge in [0.05, 0.1) is 12.7 Å². The fourth-order valence-corrected chi connectivity index (χ4v) is 2.29. The van der Waals surface area contributed by atoms with Crippen LogP contribution in [-0.4, -0.2) is 33.5 Å². The number of nitrogens with one attached hydrogen (secondary N) is 1. The zero-order valence-corrected chi connectivity index (χ0v) is 14.5. The first-order chi connectivity index (χ1) is 13.2. The van der Waals surface area contributed by atoms with E-state index in [4.69, 9.17) is 4.74 Å². The molecular formula is C20H18N4O3. The summed E-state index contributed by atoms with van der Waals surface area (Å²) in [5.41, 5.74) is 2.27. The van der Waals surface area contributed by atoms with E-state index >= 15 is 0 Å². The third-order valence-electron chi connectivity index (χ3n) is 3.54. The van der Waals surface area contributed by atoms with Gasteiger partial charge < -0.3 is 10.1 Å². The fourth-order valence-electron chi connectivity index (χ4n) is 2.29. The van der Waals surface area contributed by atoms with Crippen molar-refractivity contribution < 1.29 is 14.3 Å². The van der Waals surface area contributed by atoms with E-state index in [2.05, 4.69) is 15.6 Å². The normalized spacial score (nSPS) is 10.7. The van der Waals surface area contributed by atoms with Crippen molar-refractivity contribution in [2.75, 3.05) is 11.9 Å². The Bertz CT molecular complexity index is 921. The first-order valence-corrected chi connectivity index (χ1v) is 8.33. The Labute approximate surface area is 156 Å². The van der Waals surface area contributed by atoms with Gasteiger partial charge >= 0.3 is 5.97 Å². The molecule has 1 amide bonds. The van der Waals surface area contributed by atoms with Gasteiger partial charge in [0.2, 0.25) is 0 Å². The third-order valence-corrected chi connectivity index (χ3v) is 3.54. The third kappa shape index (κ3) is 5.93. The smallest absolute Gasteiger partial charge is 0.331 e. The number of hydrogen-bond acceptors (Lipinski definition) is 5. The summed E-state index contributed by atoms with van der Waals surface area (Å²) in [6.45, 7) is 0.227. The SMILES string of the molecule is O=C(COC(=O)/C=C/c1cn(Cc2ccccc2)nn1)Nc1ccccc1. The Morgan fingerprint density at radius 3 is 2.48 bits per heavy atom. The van der Waals surface area contributed by atoms with Crippen LogP contribution in [0.3, 0.4) is 0 Å². The lowest BCUT2D eigenvalue weighted by Crippen LogP contribution is -2.20. The van der Waals surface area contributed by atoms with Gasteiger partial charge in [0.25, 0.3) is 5.91 Å². The average Bonchev–Trinajstić information content (AvgIpc) is 3.14. The Kier molecular flexibility index (Phi) is 6.08. The molecule has 0 spiro atoms. The van der Waals surface area contributed by atoms with Gasteiger partial charge in [-0.3, -0.25) is 4.79 Å². The topological polar surface area (TPSA) is 86.1 Å². The lowest BCUT2D eigenvalue weighted by molar-refractivity contribution is -0.142. The van der Waals surface area contributed by atoms with Crippen molar-refractivity contribution in [3.8, 4) is 0 Å². The quantitative estimate of drug-likeness (QED) is 0.516. The standard InChI is InChI=1S/C20H18N4O3/c25-19(21-17-9-5-2-6-10-17)15-27-20(26)12-11-18-14-24(23-22-18)13-16-7-3-1-4-8-16/h1-12,14H,13,15H2,(H,21,25)/b12-11+. The number of anilines is 1. The highest BCUT2D eigenvalue weighted by atomic mass is 16.5. The van der Waals surface area contributed by atoms with Gasteiger partial charge in [-0.15, -0.1) is 5.10 Å². The van der Waals surface area contributed by atoms with Gasteiger partial charge in [-0.25, -0.2) is 9.48 Å². The van der Waals surface area contributed by atoms with E-state index in [0.29, 0.717) is 17.9 Å². The van der Waals surface area contributed by atoms with Crippen molar-refractivity contribution in [1.29, 1.82) is 0 Å². The number of carbonyl (C=O) groups is 2. The Morgan fingerprint density at radius 2 is 1.74 bits per heavy atom. The van der Waals surface area contributed by atoms with Crippen LogP contribution in [0.2, 0.25) is 0 Å². The molecule has 27 heavy (non-hydrogen) atoms. The molecule has 1 N–H and O–H groups in total. The summed E-state index contributed by atoms with van der Waals surface area (Å²) in [6.07, 6.45) is 4.43. The molecule has 136 valence electrons. The second-order valence-electron chi connectivity index (χ2n) is 5.68. The molecular weight excluding hydrogens is 344 g/mol. The van der Waals surface area contributed by atoms with Gasteiger partial charge in [0.15, 0.2) is 6.61 Å². The van der Waals surface area contributed by atoms with Crippen LogP contribution in [0.1, 0.15) is 11.3 Å². The first kappa shape index (κ1) is 18.1. The zero-order valence-electron chi connectivity index (χ0n) is 14.5. The molecule has 0 radical (unpaired) electrons. The van der Waals surface area contributed by atoms with E-state index in [9.17, 15) is 9.59 Å². The van der Waals surface area contributed by atoms with Crippen LogP contribution >= 0.6 is 0 Å². The molecule has 3 rings (SSSR count). The van der Waals surface area contributed by atoms with Crippen molar-refractivity contribution in [3.63, 3.8) is 0 Å². The van der Waals surface area contributed by atoms with E-state index in [-0.39, 0.29) is 6.61 Å². The molecule has 0 fully saturated rings. The zero-order chi connectivity index (χ0) is 18.9. The minimum atomic E-state index is -0.629. The molecule has 0 aliphatic rings. The number of amides is 1. The predicted molar refractivity (Wildman–Crippen MR) is 101 cm³/mol. The number of nitrogens with zero attached hydrogens (tertiary/aromatic N) is 3. The summed E-state index contributed by atoms with van der Waals surface area (Å²) in [5, 5.41) is 10.6. The van der Waals surface area contributed by atoms with Crippen LogP contribution in [0, 0.1) is 0 Å². The number of hydrogen-bond donors (Lipinski definition) is 1. The van der Waals surface area contributed by atoms with E-state index in [0.717, 1.165) is 5.56 Å². The summed E-state index contributed by atoms with van der Waals surface area (Å²) >= 11 is 0. The molecule has 1 aromatic heterocycles. The van der Waals surface area contributed by atoms with Crippen molar-refractivity contribution in [2.24, 2.45) is 0 Å². The number of rotatable bonds is 7. The van der Waals surface area contributed by atoms with E-state index in [1.54, 1.807) is 35.1 Å². The highest BCUT2D eigenvalue weighted by Crippen LogP contribution is 2.05. The molecule has 0 bridgehead atoms. The molecule has 7 nitrogen and oxygen atoms in total. The Morgan fingerprint density at radius 1 is 1.04 bits per heavy atom. The predicted octanol–water partition coefficient (Wildman–Crippen LogP) is 2.52. The van der Waals surface area contributed by atoms with Crippen LogP contribution in [-0.2, 0) is 20.9 Å². The highest BCUT2D eigenvalue weighted by Gasteiger charge is 2.06. The van der Waals surface area contributed by atoms with Gasteiger partial charge in [-0.2, -0.15) is 0 Å². The molecule has 3 aromatic rings. The van der Waals surface area contributed by atoms with Crippen molar-refractivity contribution in [3.05, 3.63) is 84.2 Å². The average molecular weight is 362 g/mol. The molecule has 1 heterocycles. The van der Waals surface area contributed by atoms with Crippen LogP contribution in [0.15, 0.2) is 72.9 Å². The fraction of sp³-hybridized carbons (Fsp3) is 0.100. The first-order valence-electron chi connectivity index (χ1n) is 8.33. The van der Waals surface area contributed by atoms with Crippen molar-refractivity contribution >= 4 is 23.6 Å². The summed E-state index contributed by atoms with van der Waals surface area (Å²) in [4.78, 5) is 23.5. The lowest BCUT2D eigenvalue weighted by atomic mass is 10.2.